The van der Waals surface area contributed by atoms with Crippen LogP contribution in [0.5, 0.6) is 5.88 Å². The molecule has 1 atom stereocenters. The fourth-order valence-corrected chi connectivity index (χ4v) is 2.25. The second-order valence-electron chi connectivity index (χ2n) is 4.38. The number of nitrogens with zero attached hydrogens (tertiary/aromatic N) is 3. The van der Waals surface area contributed by atoms with Gasteiger partial charge in [-0.3, -0.25) is 5.10 Å². The van der Waals surface area contributed by atoms with E-state index in [1.54, 1.807) is 19.4 Å². The predicted octanol–water partition coefficient (Wildman–Crippen LogP) is 1.18. The maximum absolute atomic E-state index is 5.08. The molecule has 0 aliphatic heterocycles. The van der Waals surface area contributed by atoms with Crippen molar-refractivity contribution in [2.24, 2.45) is 0 Å². The van der Waals surface area contributed by atoms with Crippen molar-refractivity contribution in [3.63, 3.8) is 0 Å². The standard InChI is InChI=1S/C12H15N5O/c1-18-11-4-5-13-12(16-11)15-9-2-3-10-8(6-9)7-14-17-10/h4-5,7,9H,2-3,6H2,1H3,(H,14,17)(H,13,15,16). The topological polar surface area (TPSA) is 75.7 Å². The minimum Gasteiger partial charge on any atom is -0.481 e. The van der Waals surface area contributed by atoms with Gasteiger partial charge in [-0.25, -0.2) is 4.98 Å². The second-order valence-corrected chi connectivity index (χ2v) is 4.38. The Hall–Kier alpha value is -2.11. The van der Waals surface area contributed by atoms with Crippen molar-refractivity contribution < 1.29 is 4.74 Å². The summed E-state index contributed by atoms with van der Waals surface area (Å²) in [5.41, 5.74) is 2.53. The highest BCUT2D eigenvalue weighted by molar-refractivity contribution is 5.32. The Labute approximate surface area is 105 Å². The van der Waals surface area contributed by atoms with Gasteiger partial charge in [0.15, 0.2) is 0 Å². The molecule has 18 heavy (non-hydrogen) atoms. The number of aromatic nitrogens is 4. The minimum absolute atomic E-state index is 0.349. The average molecular weight is 245 g/mol. The molecule has 2 aromatic heterocycles. The highest BCUT2D eigenvalue weighted by Crippen LogP contribution is 2.21. The van der Waals surface area contributed by atoms with Gasteiger partial charge in [-0.15, -0.1) is 0 Å². The molecule has 0 saturated heterocycles. The summed E-state index contributed by atoms with van der Waals surface area (Å²) >= 11 is 0. The zero-order chi connectivity index (χ0) is 12.4. The van der Waals surface area contributed by atoms with Gasteiger partial charge >= 0.3 is 0 Å². The van der Waals surface area contributed by atoms with Gasteiger partial charge in [0.1, 0.15) is 0 Å². The normalized spacial score (nSPS) is 18.2. The monoisotopic (exact) mass is 245 g/mol. The van der Waals surface area contributed by atoms with Crippen molar-refractivity contribution in [2.45, 2.75) is 25.3 Å². The number of ether oxygens (including phenoxy) is 1. The maximum atomic E-state index is 5.08. The third kappa shape index (κ3) is 2.13. The summed E-state index contributed by atoms with van der Waals surface area (Å²) in [6.45, 7) is 0. The van der Waals surface area contributed by atoms with Crippen LogP contribution in [0, 0.1) is 0 Å². The molecular weight excluding hydrogens is 230 g/mol. The van der Waals surface area contributed by atoms with Crippen LogP contribution < -0.4 is 10.1 Å². The Morgan fingerprint density at radius 1 is 1.50 bits per heavy atom. The molecule has 6 nitrogen and oxygen atoms in total. The largest absolute Gasteiger partial charge is 0.481 e. The Kier molecular flexibility index (Phi) is 2.84. The van der Waals surface area contributed by atoms with Gasteiger partial charge in [0, 0.05) is 24.0 Å². The number of anilines is 1. The fraction of sp³-hybridized carbons (Fsp3) is 0.417. The maximum Gasteiger partial charge on any atom is 0.226 e. The zero-order valence-corrected chi connectivity index (χ0v) is 10.2. The molecule has 0 fully saturated rings. The van der Waals surface area contributed by atoms with E-state index in [2.05, 4.69) is 25.5 Å². The molecule has 1 aliphatic carbocycles. The van der Waals surface area contributed by atoms with E-state index in [0.717, 1.165) is 19.3 Å². The molecule has 3 rings (SSSR count). The van der Waals surface area contributed by atoms with Crippen LogP contribution in [0.15, 0.2) is 18.5 Å². The van der Waals surface area contributed by atoms with E-state index < -0.39 is 0 Å². The first-order chi connectivity index (χ1) is 8.85. The molecule has 0 bridgehead atoms. The van der Waals surface area contributed by atoms with E-state index in [4.69, 9.17) is 4.74 Å². The smallest absolute Gasteiger partial charge is 0.226 e. The fourth-order valence-electron chi connectivity index (χ4n) is 2.25. The van der Waals surface area contributed by atoms with E-state index in [9.17, 15) is 0 Å². The first-order valence-corrected chi connectivity index (χ1v) is 6.00. The first kappa shape index (κ1) is 11.0. The average Bonchev–Trinajstić information content (AvgIpc) is 2.86. The van der Waals surface area contributed by atoms with Crippen molar-refractivity contribution >= 4 is 5.95 Å². The summed E-state index contributed by atoms with van der Waals surface area (Å²) in [6.07, 6.45) is 6.61. The van der Waals surface area contributed by atoms with Gasteiger partial charge in [-0.05, 0) is 24.8 Å². The number of nitrogens with one attached hydrogen (secondary N) is 2. The van der Waals surface area contributed by atoms with Crippen LogP contribution in [-0.4, -0.2) is 33.3 Å². The minimum atomic E-state index is 0.349. The Morgan fingerprint density at radius 2 is 2.44 bits per heavy atom. The zero-order valence-electron chi connectivity index (χ0n) is 10.2. The molecule has 0 aromatic carbocycles. The molecule has 94 valence electrons. The van der Waals surface area contributed by atoms with E-state index in [1.807, 2.05) is 6.20 Å². The highest BCUT2D eigenvalue weighted by atomic mass is 16.5. The van der Waals surface area contributed by atoms with Gasteiger partial charge in [0.25, 0.3) is 0 Å². The lowest BCUT2D eigenvalue weighted by atomic mass is 9.94. The van der Waals surface area contributed by atoms with Gasteiger partial charge in [-0.1, -0.05) is 0 Å². The summed E-state index contributed by atoms with van der Waals surface area (Å²) in [7, 11) is 1.60. The lowest BCUT2D eigenvalue weighted by molar-refractivity contribution is 0.397. The molecule has 2 N–H and O–H groups in total. The van der Waals surface area contributed by atoms with E-state index in [0.29, 0.717) is 17.9 Å². The molecule has 1 aliphatic rings. The van der Waals surface area contributed by atoms with Crippen LogP contribution in [0.1, 0.15) is 17.7 Å². The van der Waals surface area contributed by atoms with Gasteiger partial charge < -0.3 is 10.1 Å². The van der Waals surface area contributed by atoms with Gasteiger partial charge in [-0.2, -0.15) is 10.1 Å². The molecule has 0 radical (unpaired) electrons. The van der Waals surface area contributed by atoms with Gasteiger partial charge in [0.2, 0.25) is 11.8 Å². The summed E-state index contributed by atoms with van der Waals surface area (Å²) in [5, 5.41) is 10.4. The SMILES string of the molecule is COc1ccnc(NC2CCc3[nH]ncc3C2)n1. The van der Waals surface area contributed by atoms with Crippen LogP contribution in [0.4, 0.5) is 5.95 Å². The molecule has 0 spiro atoms. The summed E-state index contributed by atoms with van der Waals surface area (Å²) in [5.74, 6) is 1.19. The second kappa shape index (κ2) is 4.64. The van der Waals surface area contributed by atoms with Crippen LogP contribution in [0.2, 0.25) is 0 Å². The highest BCUT2D eigenvalue weighted by Gasteiger charge is 2.20. The number of H-pyrrole nitrogens is 1. The third-order valence-electron chi connectivity index (χ3n) is 3.19. The molecule has 2 aromatic rings. The van der Waals surface area contributed by atoms with Crippen molar-refractivity contribution in [3.8, 4) is 5.88 Å². The van der Waals surface area contributed by atoms with Crippen molar-refractivity contribution in [2.75, 3.05) is 12.4 Å². The summed E-state index contributed by atoms with van der Waals surface area (Å²) in [4.78, 5) is 8.46. The molecule has 1 unspecified atom stereocenters. The summed E-state index contributed by atoms with van der Waals surface area (Å²) < 4.78 is 5.08. The van der Waals surface area contributed by atoms with Crippen LogP contribution in [-0.2, 0) is 12.8 Å². The molecule has 0 saturated carbocycles. The molecular formula is C12H15N5O. The molecule has 2 heterocycles. The number of methoxy groups -OCH3 is 1. The molecule has 0 amide bonds. The first-order valence-electron chi connectivity index (χ1n) is 6.00. The Morgan fingerprint density at radius 3 is 3.33 bits per heavy atom. The number of fused-ring (bicyclic) bond motifs is 1. The van der Waals surface area contributed by atoms with Crippen molar-refractivity contribution in [3.05, 3.63) is 29.7 Å². The molecule has 6 heteroatoms. The lowest BCUT2D eigenvalue weighted by Gasteiger charge is -2.22. The predicted molar refractivity (Wildman–Crippen MR) is 66.6 cm³/mol. The van der Waals surface area contributed by atoms with Crippen molar-refractivity contribution in [1.29, 1.82) is 0 Å². The number of hydrogen-bond acceptors (Lipinski definition) is 5. The number of hydrogen-bond donors (Lipinski definition) is 2. The summed E-state index contributed by atoms with van der Waals surface area (Å²) in [6, 6.07) is 2.09. The van der Waals surface area contributed by atoms with Gasteiger partial charge in [0.05, 0.1) is 13.3 Å². The van der Waals surface area contributed by atoms with E-state index in [1.165, 1.54) is 11.3 Å². The van der Waals surface area contributed by atoms with Crippen LogP contribution in [0.3, 0.4) is 0 Å². The quantitative estimate of drug-likeness (QED) is 0.849. The third-order valence-corrected chi connectivity index (χ3v) is 3.19. The van der Waals surface area contributed by atoms with E-state index in [-0.39, 0.29) is 0 Å². The van der Waals surface area contributed by atoms with Crippen LogP contribution >= 0.6 is 0 Å². The number of aromatic amines is 1. The number of aryl methyl sites for hydroxylation is 1. The van der Waals surface area contributed by atoms with Crippen molar-refractivity contribution in [1.82, 2.24) is 20.2 Å². The lowest BCUT2D eigenvalue weighted by Crippen LogP contribution is -2.27. The Balaban J connectivity index is 1.70. The number of rotatable bonds is 3. The Bertz CT molecular complexity index is 539. The van der Waals surface area contributed by atoms with Crippen LogP contribution in [0.25, 0.3) is 0 Å². The van der Waals surface area contributed by atoms with E-state index >= 15 is 0 Å².